The van der Waals surface area contributed by atoms with Crippen LogP contribution in [0.3, 0.4) is 0 Å². The minimum atomic E-state index is -0.855. The zero-order chi connectivity index (χ0) is 36.5. The molecule has 0 radical (unpaired) electrons. The number of carbonyl (C=O) groups excluding carboxylic acids is 2. The number of ether oxygens (including phenoxy) is 2. The number of hydrogen-bond acceptors (Lipinski definition) is 11. The van der Waals surface area contributed by atoms with Gasteiger partial charge in [0.25, 0.3) is 10.2 Å². The van der Waals surface area contributed by atoms with Gasteiger partial charge in [0.05, 0.1) is 13.2 Å². The van der Waals surface area contributed by atoms with E-state index in [1.54, 1.807) is 30.0 Å². The number of unbranched alkanes of at least 4 members (excludes halogenated alkanes) is 1. The Hall–Kier alpha value is -4.82. The summed E-state index contributed by atoms with van der Waals surface area (Å²) in [6, 6.07) is 11.5. The molecule has 49 heavy (non-hydrogen) atoms. The Labute approximate surface area is 287 Å². The zero-order valence-corrected chi connectivity index (χ0v) is 29.3. The lowest BCUT2D eigenvalue weighted by Gasteiger charge is -2.25. The fraction of sp³-hybridized carbons (Fsp3) is 0.588. The highest BCUT2D eigenvalue weighted by Crippen LogP contribution is 2.33. The van der Waals surface area contributed by atoms with E-state index in [4.69, 9.17) is 9.47 Å². The van der Waals surface area contributed by atoms with Crippen LogP contribution >= 0.6 is 0 Å². The van der Waals surface area contributed by atoms with Gasteiger partial charge in [0.1, 0.15) is 5.75 Å². The van der Waals surface area contributed by atoms with Crippen LogP contribution in [0.4, 0.5) is 0 Å². The average molecular weight is 691 g/mol. The van der Waals surface area contributed by atoms with Crippen molar-refractivity contribution in [2.24, 2.45) is 0 Å². The molecule has 2 aromatic rings. The highest BCUT2D eigenvalue weighted by atomic mass is 17.0. The SMILES string of the molecule is CC(Cc1ccc2c(c1)OCO2)N(C)C(=O)CCCCO[N+](=O)[O-].CCC(C)c1ccc(CC(C)N(C)C(=O)CCCO[N+](=O)[O-])cc1O. The molecule has 0 saturated heterocycles. The molecule has 0 aliphatic carbocycles. The third kappa shape index (κ3) is 14.1. The molecule has 1 heterocycles. The van der Waals surface area contributed by atoms with Crippen LogP contribution in [0.1, 0.15) is 88.8 Å². The number of rotatable bonds is 19. The number of fused-ring (bicyclic) bond motifs is 1. The van der Waals surface area contributed by atoms with Crippen molar-refractivity contribution < 1.29 is 44.0 Å². The van der Waals surface area contributed by atoms with Crippen LogP contribution in [0.25, 0.3) is 0 Å². The fourth-order valence-corrected chi connectivity index (χ4v) is 5.10. The van der Waals surface area contributed by atoms with Gasteiger partial charge in [0, 0.05) is 39.0 Å². The maximum atomic E-state index is 12.2. The number of amides is 2. The third-order valence-electron chi connectivity index (χ3n) is 8.56. The van der Waals surface area contributed by atoms with Gasteiger partial charge in [-0.25, -0.2) is 0 Å². The standard InChI is InChI=1S/C18H28N2O5.C16H22N2O6/c1-5-13(2)16-9-8-15(12-17(16)21)11-14(3)19(4)18(22)7-6-10-25-20(23)24;1-12(9-13-6-7-14-15(10-13)23-11-22-14)17(2)16(19)5-3-4-8-24-18(20)21/h8-9,12-14,21H,5-7,10-11H2,1-4H3;6-7,10,12H,3-5,8-9,11H2,1-2H3. The van der Waals surface area contributed by atoms with Crippen molar-refractivity contribution >= 4 is 11.8 Å². The first-order valence-electron chi connectivity index (χ1n) is 16.5. The van der Waals surface area contributed by atoms with Crippen molar-refractivity contribution in [3.8, 4) is 17.2 Å². The summed E-state index contributed by atoms with van der Waals surface area (Å²) in [6.07, 6.45) is 4.20. The van der Waals surface area contributed by atoms with Gasteiger partial charge in [-0.1, -0.05) is 32.0 Å². The predicted octanol–water partition coefficient (Wildman–Crippen LogP) is 5.47. The number of phenolic OH excluding ortho intramolecular Hbond substituents is 1. The number of phenols is 1. The van der Waals surface area contributed by atoms with Crippen molar-refractivity contribution in [3.63, 3.8) is 0 Å². The van der Waals surface area contributed by atoms with Crippen LogP contribution in [0, 0.1) is 20.2 Å². The van der Waals surface area contributed by atoms with Crippen molar-refractivity contribution in [2.75, 3.05) is 34.1 Å². The molecule has 15 heteroatoms. The van der Waals surface area contributed by atoms with Gasteiger partial charge in [0.15, 0.2) is 11.5 Å². The Kier molecular flexibility index (Phi) is 16.9. The molecule has 2 amide bonds. The van der Waals surface area contributed by atoms with Gasteiger partial charge in [0.2, 0.25) is 18.6 Å². The van der Waals surface area contributed by atoms with Gasteiger partial charge < -0.3 is 34.1 Å². The van der Waals surface area contributed by atoms with Gasteiger partial charge >= 0.3 is 0 Å². The number of likely N-dealkylation sites (N-methyl/N-ethyl adjacent to an activating group) is 2. The predicted molar refractivity (Wildman–Crippen MR) is 180 cm³/mol. The molecule has 1 aliphatic heterocycles. The average Bonchev–Trinajstić information content (AvgIpc) is 3.53. The topological polar surface area (TPSA) is 184 Å². The maximum absolute atomic E-state index is 12.2. The molecule has 0 fully saturated rings. The first kappa shape index (κ1) is 40.4. The van der Waals surface area contributed by atoms with E-state index < -0.39 is 10.2 Å². The monoisotopic (exact) mass is 690 g/mol. The molecule has 0 saturated carbocycles. The lowest BCUT2D eigenvalue weighted by molar-refractivity contribution is -0.757. The highest BCUT2D eigenvalue weighted by molar-refractivity contribution is 5.76. The van der Waals surface area contributed by atoms with Crippen LogP contribution < -0.4 is 9.47 Å². The van der Waals surface area contributed by atoms with E-state index in [0.29, 0.717) is 50.2 Å². The van der Waals surface area contributed by atoms with Crippen molar-refractivity contribution in [3.05, 3.63) is 73.3 Å². The molecule has 15 nitrogen and oxygen atoms in total. The van der Waals surface area contributed by atoms with Crippen LogP contribution in [0.15, 0.2) is 36.4 Å². The molecule has 1 N–H and O–H groups in total. The van der Waals surface area contributed by atoms with E-state index in [2.05, 4.69) is 23.5 Å². The quantitative estimate of drug-likeness (QED) is 0.112. The minimum Gasteiger partial charge on any atom is -0.508 e. The van der Waals surface area contributed by atoms with Crippen LogP contribution in [0.2, 0.25) is 0 Å². The van der Waals surface area contributed by atoms with Crippen molar-refractivity contribution in [1.29, 1.82) is 0 Å². The number of aromatic hydroxyl groups is 1. The molecule has 2 aromatic carbocycles. The van der Waals surface area contributed by atoms with Crippen molar-refractivity contribution in [2.45, 2.75) is 97.1 Å². The molecule has 3 rings (SSSR count). The summed E-state index contributed by atoms with van der Waals surface area (Å²) in [4.78, 5) is 56.1. The lowest BCUT2D eigenvalue weighted by Crippen LogP contribution is -2.36. The van der Waals surface area contributed by atoms with Crippen LogP contribution in [-0.4, -0.2) is 83.1 Å². The molecular weight excluding hydrogens is 640 g/mol. The molecule has 0 spiro atoms. The van der Waals surface area contributed by atoms with Crippen LogP contribution in [-0.2, 0) is 32.1 Å². The number of benzene rings is 2. The minimum absolute atomic E-state index is 0.0179. The van der Waals surface area contributed by atoms with E-state index in [9.17, 15) is 34.9 Å². The molecular formula is C34H50N4O11. The van der Waals surface area contributed by atoms with E-state index in [1.807, 2.05) is 44.2 Å². The van der Waals surface area contributed by atoms with Gasteiger partial charge in [-0.2, -0.15) is 0 Å². The molecule has 3 atom stereocenters. The molecule has 3 unspecified atom stereocenters. The second kappa shape index (κ2) is 20.5. The molecule has 272 valence electrons. The third-order valence-corrected chi connectivity index (χ3v) is 8.56. The van der Waals surface area contributed by atoms with Crippen molar-refractivity contribution in [1.82, 2.24) is 9.80 Å². The zero-order valence-electron chi connectivity index (χ0n) is 29.3. The second-order valence-electron chi connectivity index (χ2n) is 12.2. The Morgan fingerprint density at radius 3 is 1.88 bits per heavy atom. The summed E-state index contributed by atoms with van der Waals surface area (Å²) in [6.45, 7) is 8.27. The van der Waals surface area contributed by atoms with Gasteiger partial charge in [-0.3, -0.25) is 9.59 Å². The largest absolute Gasteiger partial charge is 0.508 e. The first-order chi connectivity index (χ1) is 23.2. The first-order valence-corrected chi connectivity index (χ1v) is 16.5. The summed E-state index contributed by atoms with van der Waals surface area (Å²) in [5.41, 5.74) is 2.98. The molecule has 1 aliphatic rings. The Morgan fingerprint density at radius 2 is 1.33 bits per heavy atom. The van der Waals surface area contributed by atoms with E-state index in [1.165, 1.54) is 0 Å². The Morgan fingerprint density at radius 1 is 0.816 bits per heavy atom. The van der Waals surface area contributed by atoms with E-state index in [0.717, 1.165) is 34.6 Å². The lowest BCUT2D eigenvalue weighted by atomic mass is 9.95. The fourth-order valence-electron chi connectivity index (χ4n) is 5.10. The summed E-state index contributed by atoms with van der Waals surface area (Å²) in [5, 5.41) is 28.6. The van der Waals surface area contributed by atoms with Crippen LogP contribution in [0.5, 0.6) is 17.2 Å². The normalized spacial score (nSPS) is 13.3. The van der Waals surface area contributed by atoms with E-state index >= 15 is 0 Å². The number of carbonyl (C=O) groups is 2. The maximum Gasteiger partial charge on any atom is 0.294 e. The Balaban J connectivity index is 0.000000340. The highest BCUT2D eigenvalue weighted by Gasteiger charge is 2.19. The second-order valence-corrected chi connectivity index (χ2v) is 12.2. The summed E-state index contributed by atoms with van der Waals surface area (Å²) < 4.78 is 10.6. The summed E-state index contributed by atoms with van der Waals surface area (Å²) in [5.74, 6) is 2.01. The van der Waals surface area contributed by atoms with Gasteiger partial charge in [-0.15, -0.1) is 20.2 Å². The summed E-state index contributed by atoms with van der Waals surface area (Å²) in [7, 11) is 3.49. The van der Waals surface area contributed by atoms with E-state index in [-0.39, 0.29) is 50.3 Å². The molecule has 0 bridgehead atoms. The summed E-state index contributed by atoms with van der Waals surface area (Å²) >= 11 is 0. The smallest absolute Gasteiger partial charge is 0.294 e. The molecule has 0 aromatic heterocycles. The number of nitrogens with zero attached hydrogens (tertiary/aromatic N) is 4. The van der Waals surface area contributed by atoms with Gasteiger partial charge in [-0.05, 0) is 93.2 Å². The Bertz CT molecular complexity index is 1390. The number of hydrogen-bond donors (Lipinski definition) is 1.